The van der Waals surface area contributed by atoms with E-state index in [4.69, 9.17) is 16.6 Å². The molecule has 3 aromatic carbocycles. The summed E-state index contributed by atoms with van der Waals surface area (Å²) in [5.74, 6) is 0.912. The number of benzene rings is 3. The molecule has 3 saturated heterocycles. The Labute approximate surface area is 282 Å². The molecule has 4 aromatic rings. The van der Waals surface area contributed by atoms with Gasteiger partial charge in [-0.25, -0.2) is 4.98 Å². The SMILES string of the molecule is Cc1nc2ccccc2n1C1C[C@H]2CC[C@@H](C1)N2CCC1(c2ccccc2)CCN(C(=O)c2cc(C(=O)NC3CC3)ccc2Cl)CC1. The van der Waals surface area contributed by atoms with Gasteiger partial charge in [0.15, 0.2) is 0 Å². The molecule has 1 unspecified atom stereocenters. The van der Waals surface area contributed by atoms with Gasteiger partial charge in [-0.2, -0.15) is 0 Å². The molecular weight excluding hydrogens is 606 g/mol. The molecule has 1 aliphatic carbocycles. The molecule has 47 heavy (non-hydrogen) atoms. The van der Waals surface area contributed by atoms with E-state index in [9.17, 15) is 9.59 Å². The molecule has 8 heteroatoms. The fourth-order valence-corrected chi connectivity index (χ4v) is 9.10. The lowest BCUT2D eigenvalue weighted by Crippen LogP contribution is -2.49. The zero-order valence-corrected chi connectivity index (χ0v) is 28.0. The number of nitrogens with zero attached hydrogens (tertiary/aromatic N) is 4. The summed E-state index contributed by atoms with van der Waals surface area (Å²) in [5, 5.41) is 3.42. The molecule has 3 atom stereocenters. The minimum Gasteiger partial charge on any atom is -0.349 e. The summed E-state index contributed by atoms with van der Waals surface area (Å²) in [6.07, 6.45) is 9.84. The van der Waals surface area contributed by atoms with Crippen molar-refractivity contribution in [3.63, 3.8) is 0 Å². The Hall–Kier alpha value is -3.68. The number of nitrogens with one attached hydrogen (secondary N) is 1. The molecule has 244 valence electrons. The second-order valence-electron chi connectivity index (χ2n) is 14.4. The molecule has 4 heterocycles. The molecule has 1 saturated carbocycles. The number of imidazole rings is 1. The van der Waals surface area contributed by atoms with Crippen LogP contribution in [0.25, 0.3) is 11.0 Å². The van der Waals surface area contributed by atoms with Crippen molar-refractivity contribution in [3.05, 3.63) is 100 Å². The number of piperidine rings is 2. The lowest BCUT2D eigenvalue weighted by Gasteiger charge is -2.45. The van der Waals surface area contributed by atoms with Crippen LogP contribution >= 0.6 is 11.6 Å². The molecule has 7 nitrogen and oxygen atoms in total. The molecule has 2 bridgehead atoms. The Morgan fingerprint density at radius 3 is 2.32 bits per heavy atom. The first kappa shape index (κ1) is 30.6. The predicted molar refractivity (Wildman–Crippen MR) is 186 cm³/mol. The van der Waals surface area contributed by atoms with Gasteiger partial charge in [-0.1, -0.05) is 54.1 Å². The number of amides is 2. The molecule has 1 aromatic heterocycles. The number of carbonyl (C=O) groups excluding carboxylic acids is 2. The lowest BCUT2D eigenvalue weighted by molar-refractivity contribution is 0.0607. The Balaban J connectivity index is 0.964. The lowest BCUT2D eigenvalue weighted by atomic mass is 9.70. The van der Waals surface area contributed by atoms with Gasteiger partial charge in [0, 0.05) is 42.8 Å². The standard InChI is InChI=1S/C39H44ClN5O2/c1-26-41-35-9-5-6-10-36(35)45(26)32-24-30-14-15-31(25-32)44(30)22-19-39(28-7-3-2-4-8-28)17-20-43(21-18-39)38(47)33-23-27(11-16-34(33)40)37(46)42-29-12-13-29/h2-11,16,23,29-32H,12-15,17-22,24-25H2,1H3,(H,42,46)/t30-,31+,32?. The summed E-state index contributed by atoms with van der Waals surface area (Å²) in [5.41, 5.74) is 4.68. The maximum absolute atomic E-state index is 13.8. The zero-order valence-electron chi connectivity index (χ0n) is 27.2. The summed E-state index contributed by atoms with van der Waals surface area (Å²) < 4.78 is 2.51. The van der Waals surface area contributed by atoms with Crippen LogP contribution in [0.4, 0.5) is 0 Å². The van der Waals surface area contributed by atoms with Crippen LogP contribution < -0.4 is 5.32 Å². The van der Waals surface area contributed by atoms with Crippen LogP contribution in [-0.2, 0) is 5.41 Å². The van der Waals surface area contributed by atoms with E-state index >= 15 is 0 Å². The number of hydrogen-bond acceptors (Lipinski definition) is 4. The van der Waals surface area contributed by atoms with Crippen molar-refractivity contribution in [2.45, 2.75) is 94.3 Å². The van der Waals surface area contributed by atoms with Crippen LogP contribution in [0.5, 0.6) is 0 Å². The van der Waals surface area contributed by atoms with E-state index in [-0.39, 0.29) is 23.3 Å². The van der Waals surface area contributed by atoms with Crippen LogP contribution in [0.2, 0.25) is 5.02 Å². The van der Waals surface area contributed by atoms with Gasteiger partial charge >= 0.3 is 0 Å². The highest BCUT2D eigenvalue weighted by Crippen LogP contribution is 2.45. The summed E-state index contributed by atoms with van der Waals surface area (Å²) in [4.78, 5) is 36.2. The second kappa shape index (κ2) is 12.4. The molecule has 8 rings (SSSR count). The van der Waals surface area contributed by atoms with Gasteiger partial charge in [0.05, 0.1) is 21.6 Å². The van der Waals surface area contributed by atoms with Crippen LogP contribution in [0, 0.1) is 6.92 Å². The number of likely N-dealkylation sites (tertiary alicyclic amines) is 1. The van der Waals surface area contributed by atoms with E-state index in [0.29, 0.717) is 47.4 Å². The van der Waals surface area contributed by atoms with Gasteiger partial charge < -0.3 is 14.8 Å². The van der Waals surface area contributed by atoms with Gasteiger partial charge in [-0.05, 0) is 113 Å². The van der Waals surface area contributed by atoms with E-state index in [1.165, 1.54) is 36.8 Å². The van der Waals surface area contributed by atoms with Crippen molar-refractivity contribution in [3.8, 4) is 0 Å². The largest absolute Gasteiger partial charge is 0.349 e. The normalized spacial score (nSPS) is 24.0. The molecule has 3 aliphatic heterocycles. The first-order chi connectivity index (χ1) is 22.9. The average molecular weight is 650 g/mol. The molecule has 2 amide bonds. The van der Waals surface area contributed by atoms with E-state index < -0.39 is 0 Å². The monoisotopic (exact) mass is 649 g/mol. The number of hydrogen-bond donors (Lipinski definition) is 1. The van der Waals surface area contributed by atoms with Crippen molar-refractivity contribution >= 4 is 34.4 Å². The molecule has 4 aliphatic rings. The Kier molecular flexibility index (Phi) is 8.09. The number of aromatic nitrogens is 2. The summed E-state index contributed by atoms with van der Waals surface area (Å²) in [6.45, 7) is 4.58. The number of rotatable bonds is 8. The van der Waals surface area contributed by atoms with Gasteiger partial charge in [0.1, 0.15) is 5.82 Å². The molecular formula is C39H44ClN5O2. The fraction of sp³-hybridized carbons (Fsp3) is 0.462. The van der Waals surface area contributed by atoms with E-state index in [0.717, 1.165) is 50.0 Å². The number of halogens is 1. The topological polar surface area (TPSA) is 70.5 Å². The van der Waals surface area contributed by atoms with Gasteiger partial charge in [-0.3, -0.25) is 14.5 Å². The van der Waals surface area contributed by atoms with Crippen molar-refractivity contribution in [1.82, 2.24) is 24.7 Å². The quantitative estimate of drug-likeness (QED) is 0.217. The predicted octanol–water partition coefficient (Wildman–Crippen LogP) is 7.32. The Morgan fingerprint density at radius 1 is 0.894 bits per heavy atom. The number of carbonyl (C=O) groups is 2. The molecule has 1 N–H and O–H groups in total. The molecule has 0 radical (unpaired) electrons. The number of aryl methyl sites for hydroxylation is 1. The van der Waals surface area contributed by atoms with Crippen LogP contribution in [0.1, 0.15) is 95.9 Å². The van der Waals surface area contributed by atoms with Crippen LogP contribution in [0.15, 0.2) is 72.8 Å². The van der Waals surface area contributed by atoms with E-state index in [2.05, 4.69) is 76.3 Å². The van der Waals surface area contributed by atoms with Gasteiger partial charge in [-0.15, -0.1) is 0 Å². The molecule has 0 spiro atoms. The Morgan fingerprint density at radius 2 is 1.60 bits per heavy atom. The highest BCUT2D eigenvalue weighted by atomic mass is 35.5. The van der Waals surface area contributed by atoms with Crippen LogP contribution in [-0.4, -0.2) is 68.9 Å². The minimum absolute atomic E-state index is 0.0151. The van der Waals surface area contributed by atoms with Crippen molar-refractivity contribution in [2.75, 3.05) is 19.6 Å². The average Bonchev–Trinajstić information content (AvgIpc) is 3.80. The third kappa shape index (κ3) is 5.86. The smallest absolute Gasteiger partial charge is 0.255 e. The zero-order chi connectivity index (χ0) is 32.1. The first-order valence-electron chi connectivity index (χ1n) is 17.5. The van der Waals surface area contributed by atoms with E-state index in [1.54, 1.807) is 18.2 Å². The highest BCUT2D eigenvalue weighted by molar-refractivity contribution is 6.34. The van der Waals surface area contributed by atoms with Crippen molar-refractivity contribution in [2.24, 2.45) is 0 Å². The van der Waals surface area contributed by atoms with E-state index in [1.807, 2.05) is 4.90 Å². The highest BCUT2D eigenvalue weighted by Gasteiger charge is 2.44. The Bertz CT molecular complexity index is 1780. The summed E-state index contributed by atoms with van der Waals surface area (Å²) in [7, 11) is 0. The van der Waals surface area contributed by atoms with Crippen molar-refractivity contribution in [1.29, 1.82) is 0 Å². The van der Waals surface area contributed by atoms with Crippen molar-refractivity contribution < 1.29 is 9.59 Å². The summed E-state index contributed by atoms with van der Waals surface area (Å²) in [6, 6.07) is 26.5. The second-order valence-corrected chi connectivity index (χ2v) is 14.8. The third-order valence-corrected chi connectivity index (χ3v) is 11.9. The fourth-order valence-electron chi connectivity index (χ4n) is 8.90. The number of para-hydroxylation sites is 2. The first-order valence-corrected chi connectivity index (χ1v) is 17.9. The van der Waals surface area contributed by atoms with Crippen LogP contribution in [0.3, 0.4) is 0 Å². The number of fused-ring (bicyclic) bond motifs is 3. The third-order valence-electron chi connectivity index (χ3n) is 11.6. The molecule has 4 fully saturated rings. The van der Waals surface area contributed by atoms with Gasteiger partial charge in [0.2, 0.25) is 0 Å². The maximum atomic E-state index is 13.8. The summed E-state index contributed by atoms with van der Waals surface area (Å²) >= 11 is 6.54. The van der Waals surface area contributed by atoms with Gasteiger partial charge in [0.25, 0.3) is 11.8 Å². The minimum atomic E-state index is -0.133. The maximum Gasteiger partial charge on any atom is 0.255 e.